The predicted molar refractivity (Wildman–Crippen MR) is 82.4 cm³/mol. The molecule has 0 aliphatic heterocycles. The summed E-state index contributed by atoms with van der Waals surface area (Å²) in [7, 11) is 1.96. The van der Waals surface area contributed by atoms with Crippen LogP contribution in [0.2, 0.25) is 0 Å². The van der Waals surface area contributed by atoms with Crippen molar-refractivity contribution in [3.8, 4) is 0 Å². The summed E-state index contributed by atoms with van der Waals surface area (Å²) in [5, 5.41) is 4.44. The van der Waals surface area contributed by atoms with Gasteiger partial charge in [-0.2, -0.15) is 5.10 Å². The van der Waals surface area contributed by atoms with Crippen LogP contribution >= 0.6 is 22.6 Å². The quantitative estimate of drug-likeness (QED) is 0.858. The Bertz CT molecular complexity index is 516. The molecule has 1 atom stereocenters. The summed E-state index contributed by atoms with van der Waals surface area (Å²) in [6, 6.07) is 10.6. The first-order valence-corrected chi connectivity index (χ1v) is 7.21. The molecule has 0 bridgehead atoms. The molecule has 2 aromatic rings. The fourth-order valence-corrected chi connectivity index (χ4v) is 2.40. The van der Waals surface area contributed by atoms with Gasteiger partial charge in [-0.25, -0.2) is 0 Å². The van der Waals surface area contributed by atoms with Gasteiger partial charge in [0.15, 0.2) is 0 Å². The summed E-state index contributed by atoms with van der Waals surface area (Å²) in [4.78, 5) is 0. The van der Waals surface area contributed by atoms with Gasteiger partial charge >= 0.3 is 0 Å². The van der Waals surface area contributed by atoms with Crippen molar-refractivity contribution in [1.82, 2.24) is 9.78 Å². The normalized spacial score (nSPS) is 12.7. The van der Waals surface area contributed by atoms with Crippen molar-refractivity contribution in [2.45, 2.75) is 25.8 Å². The SMILES string of the molecule is CCc1cc(C(N)Cc2ccc(I)cc2)n(C)n1. The second-order valence-electron chi connectivity index (χ2n) is 4.47. The Balaban J connectivity index is 2.13. The van der Waals surface area contributed by atoms with E-state index in [9.17, 15) is 0 Å². The predicted octanol–water partition coefficient (Wildman–Crippen LogP) is 2.83. The standard InChI is InChI=1S/C14H18IN3/c1-3-12-9-14(18(2)17-12)13(16)8-10-4-6-11(15)7-5-10/h4-7,9,13H,3,8,16H2,1-2H3. The molecule has 1 heterocycles. The molecule has 0 fully saturated rings. The molecule has 0 saturated carbocycles. The molecule has 96 valence electrons. The summed E-state index contributed by atoms with van der Waals surface area (Å²) in [5.41, 5.74) is 9.74. The molecular weight excluding hydrogens is 337 g/mol. The largest absolute Gasteiger partial charge is 0.322 e. The van der Waals surface area contributed by atoms with Crippen LogP contribution in [-0.4, -0.2) is 9.78 Å². The molecule has 2 N–H and O–H groups in total. The Kier molecular flexibility index (Phi) is 4.40. The van der Waals surface area contributed by atoms with Gasteiger partial charge in [0.25, 0.3) is 0 Å². The topological polar surface area (TPSA) is 43.8 Å². The van der Waals surface area contributed by atoms with Crippen molar-refractivity contribution in [3.63, 3.8) is 0 Å². The molecule has 0 saturated heterocycles. The maximum atomic E-state index is 6.27. The van der Waals surface area contributed by atoms with Crippen LogP contribution in [-0.2, 0) is 19.9 Å². The Morgan fingerprint density at radius 3 is 2.56 bits per heavy atom. The van der Waals surface area contributed by atoms with Gasteiger partial charge in [-0.05, 0) is 59.2 Å². The number of aryl methyl sites for hydroxylation is 2. The number of rotatable bonds is 4. The van der Waals surface area contributed by atoms with Crippen molar-refractivity contribution < 1.29 is 0 Å². The lowest BCUT2D eigenvalue weighted by Crippen LogP contribution is -2.17. The molecule has 0 aliphatic rings. The molecule has 3 nitrogen and oxygen atoms in total. The summed E-state index contributed by atoms with van der Waals surface area (Å²) in [6.07, 6.45) is 1.80. The highest BCUT2D eigenvalue weighted by atomic mass is 127. The Morgan fingerprint density at radius 2 is 2.00 bits per heavy atom. The first-order valence-electron chi connectivity index (χ1n) is 6.13. The van der Waals surface area contributed by atoms with Crippen LogP contribution in [0.15, 0.2) is 30.3 Å². The van der Waals surface area contributed by atoms with E-state index in [2.05, 4.69) is 64.9 Å². The third-order valence-corrected chi connectivity index (χ3v) is 3.80. The monoisotopic (exact) mass is 355 g/mol. The highest BCUT2D eigenvalue weighted by Gasteiger charge is 2.12. The molecule has 1 aromatic heterocycles. The molecule has 0 spiro atoms. The second kappa shape index (κ2) is 5.84. The molecule has 4 heteroatoms. The van der Waals surface area contributed by atoms with Crippen LogP contribution < -0.4 is 5.73 Å². The number of nitrogens with two attached hydrogens (primary N) is 1. The van der Waals surface area contributed by atoms with E-state index in [4.69, 9.17) is 5.73 Å². The third-order valence-electron chi connectivity index (χ3n) is 3.08. The van der Waals surface area contributed by atoms with Gasteiger partial charge < -0.3 is 5.73 Å². The lowest BCUT2D eigenvalue weighted by Gasteiger charge is -2.12. The fourth-order valence-electron chi connectivity index (χ4n) is 2.04. The Morgan fingerprint density at radius 1 is 1.33 bits per heavy atom. The van der Waals surface area contributed by atoms with Gasteiger partial charge in [0.05, 0.1) is 17.4 Å². The van der Waals surface area contributed by atoms with Gasteiger partial charge in [0.2, 0.25) is 0 Å². The lowest BCUT2D eigenvalue weighted by atomic mass is 10.0. The lowest BCUT2D eigenvalue weighted by molar-refractivity contribution is 0.614. The van der Waals surface area contributed by atoms with Gasteiger partial charge in [-0.15, -0.1) is 0 Å². The van der Waals surface area contributed by atoms with Gasteiger partial charge in [0, 0.05) is 10.6 Å². The second-order valence-corrected chi connectivity index (χ2v) is 5.72. The van der Waals surface area contributed by atoms with Crippen LogP contribution in [0.3, 0.4) is 0 Å². The Hall–Kier alpha value is -0.880. The number of aromatic nitrogens is 2. The number of hydrogen-bond donors (Lipinski definition) is 1. The van der Waals surface area contributed by atoms with E-state index in [1.807, 2.05) is 11.7 Å². The van der Waals surface area contributed by atoms with Crippen molar-refractivity contribution >= 4 is 22.6 Å². The average molecular weight is 355 g/mol. The maximum absolute atomic E-state index is 6.27. The molecule has 0 amide bonds. The van der Waals surface area contributed by atoms with Crippen LogP contribution in [0.4, 0.5) is 0 Å². The van der Waals surface area contributed by atoms with Crippen molar-refractivity contribution in [1.29, 1.82) is 0 Å². The zero-order chi connectivity index (χ0) is 13.1. The van der Waals surface area contributed by atoms with E-state index in [0.717, 1.165) is 24.2 Å². The zero-order valence-electron chi connectivity index (χ0n) is 10.7. The van der Waals surface area contributed by atoms with E-state index in [1.165, 1.54) is 9.13 Å². The van der Waals surface area contributed by atoms with Crippen LogP contribution in [0.25, 0.3) is 0 Å². The molecule has 0 radical (unpaired) electrons. The fraction of sp³-hybridized carbons (Fsp3) is 0.357. The van der Waals surface area contributed by atoms with Gasteiger partial charge in [-0.1, -0.05) is 19.1 Å². The minimum atomic E-state index is 0.00265. The first kappa shape index (κ1) is 13.5. The smallest absolute Gasteiger partial charge is 0.0625 e. The summed E-state index contributed by atoms with van der Waals surface area (Å²) in [5.74, 6) is 0. The molecule has 2 rings (SSSR count). The van der Waals surface area contributed by atoms with Crippen molar-refractivity contribution in [2.24, 2.45) is 12.8 Å². The van der Waals surface area contributed by atoms with E-state index >= 15 is 0 Å². The van der Waals surface area contributed by atoms with E-state index in [0.29, 0.717) is 0 Å². The number of benzene rings is 1. The van der Waals surface area contributed by atoms with E-state index in [-0.39, 0.29) is 6.04 Å². The summed E-state index contributed by atoms with van der Waals surface area (Å²) < 4.78 is 3.15. The van der Waals surface area contributed by atoms with Crippen LogP contribution in [0.1, 0.15) is 29.9 Å². The number of nitrogens with zero attached hydrogens (tertiary/aromatic N) is 2. The molecule has 1 aromatic carbocycles. The zero-order valence-corrected chi connectivity index (χ0v) is 12.9. The van der Waals surface area contributed by atoms with Crippen molar-refractivity contribution in [2.75, 3.05) is 0 Å². The summed E-state index contributed by atoms with van der Waals surface area (Å²) in [6.45, 7) is 2.11. The molecule has 1 unspecified atom stereocenters. The average Bonchev–Trinajstić information content (AvgIpc) is 2.73. The highest BCUT2D eigenvalue weighted by Crippen LogP contribution is 2.18. The maximum Gasteiger partial charge on any atom is 0.0625 e. The Labute approximate surface area is 122 Å². The molecule has 18 heavy (non-hydrogen) atoms. The van der Waals surface area contributed by atoms with Crippen LogP contribution in [0.5, 0.6) is 0 Å². The summed E-state index contributed by atoms with van der Waals surface area (Å²) >= 11 is 2.31. The van der Waals surface area contributed by atoms with Gasteiger partial charge in [0.1, 0.15) is 0 Å². The number of halogens is 1. The van der Waals surface area contributed by atoms with Crippen LogP contribution in [0, 0.1) is 3.57 Å². The molecular formula is C14H18IN3. The number of hydrogen-bond acceptors (Lipinski definition) is 2. The first-order chi connectivity index (χ1) is 8.60. The minimum absolute atomic E-state index is 0.00265. The minimum Gasteiger partial charge on any atom is -0.322 e. The van der Waals surface area contributed by atoms with E-state index in [1.54, 1.807) is 0 Å². The van der Waals surface area contributed by atoms with Crippen molar-refractivity contribution in [3.05, 3.63) is 50.9 Å². The van der Waals surface area contributed by atoms with Gasteiger partial charge in [-0.3, -0.25) is 4.68 Å². The third kappa shape index (κ3) is 3.11. The van der Waals surface area contributed by atoms with E-state index < -0.39 is 0 Å². The molecule has 0 aliphatic carbocycles. The highest BCUT2D eigenvalue weighted by molar-refractivity contribution is 14.1.